The van der Waals surface area contributed by atoms with Gasteiger partial charge in [0.2, 0.25) is 0 Å². The standard InChI is InChI=1S/C14H20O2/c1-3-12(2)16-14(15)11-7-10-13-8-5-4-6-9-13/h4-6,8-9,12H,3,7,10-11H2,1-2H3. The molecule has 2 heteroatoms. The Morgan fingerprint density at radius 1 is 1.31 bits per heavy atom. The maximum absolute atomic E-state index is 11.4. The van der Waals surface area contributed by atoms with Gasteiger partial charge in [-0.3, -0.25) is 4.79 Å². The maximum atomic E-state index is 11.4. The van der Waals surface area contributed by atoms with E-state index in [9.17, 15) is 4.79 Å². The molecular formula is C14H20O2. The van der Waals surface area contributed by atoms with E-state index in [1.54, 1.807) is 0 Å². The molecule has 0 bridgehead atoms. The lowest BCUT2D eigenvalue weighted by molar-refractivity contribution is -0.148. The van der Waals surface area contributed by atoms with Gasteiger partial charge in [-0.05, 0) is 31.7 Å². The van der Waals surface area contributed by atoms with Gasteiger partial charge in [-0.1, -0.05) is 37.3 Å². The Bertz CT molecular complexity index is 306. The van der Waals surface area contributed by atoms with E-state index in [0.717, 1.165) is 19.3 Å². The fraction of sp³-hybridized carbons (Fsp3) is 0.500. The Morgan fingerprint density at radius 3 is 2.62 bits per heavy atom. The summed E-state index contributed by atoms with van der Waals surface area (Å²) < 4.78 is 5.20. The predicted octanol–water partition coefficient (Wildman–Crippen LogP) is 3.35. The lowest BCUT2D eigenvalue weighted by Gasteiger charge is -2.10. The van der Waals surface area contributed by atoms with Crippen LogP contribution >= 0.6 is 0 Å². The molecule has 0 aromatic heterocycles. The van der Waals surface area contributed by atoms with Crippen molar-refractivity contribution >= 4 is 5.97 Å². The van der Waals surface area contributed by atoms with Crippen molar-refractivity contribution in [2.24, 2.45) is 0 Å². The zero-order valence-electron chi connectivity index (χ0n) is 10.1. The average molecular weight is 220 g/mol. The van der Waals surface area contributed by atoms with Crippen LogP contribution in [0.15, 0.2) is 30.3 Å². The third-order valence-corrected chi connectivity index (χ3v) is 2.60. The second-order valence-corrected chi connectivity index (χ2v) is 4.05. The Kier molecular flexibility index (Phi) is 5.62. The molecule has 0 heterocycles. The van der Waals surface area contributed by atoms with Crippen molar-refractivity contribution in [3.63, 3.8) is 0 Å². The smallest absolute Gasteiger partial charge is 0.306 e. The molecule has 1 atom stereocenters. The van der Waals surface area contributed by atoms with Gasteiger partial charge in [-0.2, -0.15) is 0 Å². The first-order valence-corrected chi connectivity index (χ1v) is 5.95. The highest BCUT2D eigenvalue weighted by Gasteiger charge is 2.06. The molecule has 0 aliphatic rings. The summed E-state index contributed by atoms with van der Waals surface area (Å²) in [5.74, 6) is -0.0784. The fourth-order valence-electron chi connectivity index (χ4n) is 1.45. The van der Waals surface area contributed by atoms with Crippen LogP contribution in [-0.4, -0.2) is 12.1 Å². The molecule has 0 radical (unpaired) electrons. The summed E-state index contributed by atoms with van der Waals surface area (Å²) in [6, 6.07) is 10.2. The van der Waals surface area contributed by atoms with Crippen LogP contribution in [0.5, 0.6) is 0 Å². The molecule has 1 aromatic rings. The Labute approximate surface area is 97.6 Å². The molecule has 16 heavy (non-hydrogen) atoms. The molecule has 88 valence electrons. The first-order chi connectivity index (χ1) is 7.72. The van der Waals surface area contributed by atoms with Crippen LogP contribution in [0.25, 0.3) is 0 Å². The van der Waals surface area contributed by atoms with Gasteiger partial charge in [0, 0.05) is 6.42 Å². The minimum Gasteiger partial charge on any atom is -0.463 e. The van der Waals surface area contributed by atoms with Crippen LogP contribution < -0.4 is 0 Å². The minimum absolute atomic E-state index is 0.0456. The van der Waals surface area contributed by atoms with E-state index in [0.29, 0.717) is 6.42 Å². The van der Waals surface area contributed by atoms with Crippen molar-refractivity contribution in [1.29, 1.82) is 0 Å². The lowest BCUT2D eigenvalue weighted by atomic mass is 10.1. The van der Waals surface area contributed by atoms with Crippen LogP contribution in [0.1, 0.15) is 38.7 Å². The molecule has 1 rings (SSSR count). The number of benzene rings is 1. The molecule has 1 unspecified atom stereocenters. The summed E-state index contributed by atoms with van der Waals surface area (Å²) in [5, 5.41) is 0. The van der Waals surface area contributed by atoms with Gasteiger partial charge in [0.1, 0.15) is 0 Å². The number of rotatable bonds is 6. The molecule has 0 amide bonds. The van der Waals surface area contributed by atoms with E-state index >= 15 is 0 Å². The number of aryl methyl sites for hydroxylation is 1. The first kappa shape index (κ1) is 12.8. The van der Waals surface area contributed by atoms with Gasteiger partial charge in [-0.25, -0.2) is 0 Å². The quantitative estimate of drug-likeness (QED) is 0.687. The number of hydrogen-bond acceptors (Lipinski definition) is 2. The summed E-state index contributed by atoms with van der Waals surface area (Å²) in [7, 11) is 0. The van der Waals surface area contributed by atoms with Crippen molar-refractivity contribution in [1.82, 2.24) is 0 Å². The Hall–Kier alpha value is -1.31. The number of ether oxygens (including phenoxy) is 1. The summed E-state index contributed by atoms with van der Waals surface area (Å²) in [6.07, 6.45) is 3.24. The third-order valence-electron chi connectivity index (χ3n) is 2.60. The van der Waals surface area contributed by atoms with Crippen molar-refractivity contribution in [3.8, 4) is 0 Å². The van der Waals surface area contributed by atoms with Crippen molar-refractivity contribution in [2.45, 2.75) is 45.6 Å². The molecule has 2 nitrogen and oxygen atoms in total. The number of carbonyl (C=O) groups excluding carboxylic acids is 1. The second-order valence-electron chi connectivity index (χ2n) is 4.05. The monoisotopic (exact) mass is 220 g/mol. The van der Waals surface area contributed by atoms with E-state index in [1.165, 1.54) is 5.56 Å². The highest BCUT2D eigenvalue weighted by molar-refractivity contribution is 5.69. The zero-order chi connectivity index (χ0) is 11.8. The van der Waals surface area contributed by atoms with Gasteiger partial charge < -0.3 is 4.74 Å². The van der Waals surface area contributed by atoms with Gasteiger partial charge in [0.05, 0.1) is 6.10 Å². The Morgan fingerprint density at radius 2 is 2.00 bits per heavy atom. The molecule has 0 saturated carbocycles. The molecule has 0 aliphatic heterocycles. The summed E-state index contributed by atoms with van der Waals surface area (Å²) in [4.78, 5) is 11.4. The topological polar surface area (TPSA) is 26.3 Å². The summed E-state index contributed by atoms with van der Waals surface area (Å²) in [5.41, 5.74) is 1.28. The zero-order valence-corrected chi connectivity index (χ0v) is 10.1. The van der Waals surface area contributed by atoms with Crippen LogP contribution in [0, 0.1) is 0 Å². The lowest BCUT2D eigenvalue weighted by Crippen LogP contribution is -2.13. The average Bonchev–Trinajstić information content (AvgIpc) is 2.30. The number of hydrogen-bond donors (Lipinski definition) is 0. The van der Waals surface area contributed by atoms with Crippen LogP contribution in [0.4, 0.5) is 0 Å². The Balaban J connectivity index is 2.18. The summed E-state index contributed by atoms with van der Waals surface area (Å²) in [6.45, 7) is 3.94. The first-order valence-electron chi connectivity index (χ1n) is 5.95. The van der Waals surface area contributed by atoms with E-state index in [1.807, 2.05) is 32.0 Å². The summed E-state index contributed by atoms with van der Waals surface area (Å²) >= 11 is 0. The third kappa shape index (κ3) is 4.96. The van der Waals surface area contributed by atoms with Crippen LogP contribution in [-0.2, 0) is 16.0 Å². The van der Waals surface area contributed by atoms with Gasteiger partial charge in [0.15, 0.2) is 0 Å². The highest BCUT2D eigenvalue weighted by Crippen LogP contribution is 2.06. The normalized spacial score (nSPS) is 12.1. The van der Waals surface area contributed by atoms with Crippen LogP contribution in [0.2, 0.25) is 0 Å². The predicted molar refractivity (Wildman–Crippen MR) is 65.2 cm³/mol. The van der Waals surface area contributed by atoms with E-state index in [2.05, 4.69) is 12.1 Å². The fourth-order valence-corrected chi connectivity index (χ4v) is 1.45. The highest BCUT2D eigenvalue weighted by atomic mass is 16.5. The number of esters is 1. The number of carbonyl (C=O) groups is 1. The molecule has 1 aromatic carbocycles. The SMILES string of the molecule is CCC(C)OC(=O)CCCc1ccccc1. The molecule has 0 aliphatic carbocycles. The molecular weight excluding hydrogens is 200 g/mol. The van der Waals surface area contributed by atoms with E-state index in [4.69, 9.17) is 4.74 Å². The maximum Gasteiger partial charge on any atom is 0.306 e. The van der Waals surface area contributed by atoms with Crippen molar-refractivity contribution in [3.05, 3.63) is 35.9 Å². The molecule has 0 N–H and O–H groups in total. The van der Waals surface area contributed by atoms with E-state index < -0.39 is 0 Å². The molecule has 0 saturated heterocycles. The second kappa shape index (κ2) is 7.04. The molecule has 0 fully saturated rings. The van der Waals surface area contributed by atoms with Crippen molar-refractivity contribution < 1.29 is 9.53 Å². The van der Waals surface area contributed by atoms with Gasteiger partial charge in [-0.15, -0.1) is 0 Å². The van der Waals surface area contributed by atoms with Crippen LogP contribution in [0.3, 0.4) is 0 Å². The van der Waals surface area contributed by atoms with E-state index in [-0.39, 0.29) is 12.1 Å². The van der Waals surface area contributed by atoms with Crippen molar-refractivity contribution in [2.75, 3.05) is 0 Å². The molecule has 0 spiro atoms. The minimum atomic E-state index is -0.0784. The van der Waals surface area contributed by atoms with Gasteiger partial charge >= 0.3 is 5.97 Å². The van der Waals surface area contributed by atoms with Gasteiger partial charge in [0.25, 0.3) is 0 Å². The largest absolute Gasteiger partial charge is 0.463 e.